The number of allylic oxidation sites excluding steroid dienone is 4. The average molecular weight is 298 g/mol. The van der Waals surface area contributed by atoms with Crippen molar-refractivity contribution in [2.45, 2.75) is 45.4 Å². The van der Waals surface area contributed by atoms with Crippen molar-refractivity contribution in [3.05, 3.63) is 23.8 Å². The van der Waals surface area contributed by atoms with Gasteiger partial charge in [-0.2, -0.15) is 0 Å². The number of fused-ring (bicyclic) bond motifs is 5. The monoisotopic (exact) mass is 298 g/mol. The Morgan fingerprint density at radius 2 is 2.00 bits per heavy atom. The van der Waals surface area contributed by atoms with E-state index in [9.17, 15) is 14.4 Å². The van der Waals surface area contributed by atoms with Gasteiger partial charge in [-0.15, -0.1) is 0 Å². The van der Waals surface area contributed by atoms with Crippen LogP contribution in [0.25, 0.3) is 0 Å². The van der Waals surface area contributed by atoms with E-state index in [1.165, 1.54) is 0 Å². The molecule has 2 fully saturated rings. The zero-order valence-electron chi connectivity index (χ0n) is 13.0. The second kappa shape index (κ2) is 4.50. The molecule has 2 saturated carbocycles. The van der Waals surface area contributed by atoms with Gasteiger partial charge < -0.3 is 4.79 Å². The van der Waals surface area contributed by atoms with Crippen molar-refractivity contribution in [1.82, 2.24) is 0 Å². The zero-order chi connectivity index (χ0) is 15.5. The Labute approximate surface area is 130 Å². The second-order valence-electron chi connectivity index (χ2n) is 7.76. The average Bonchev–Trinajstić information content (AvgIpc) is 2.83. The largest absolute Gasteiger partial charge is 0.302 e. The maximum absolute atomic E-state index is 12.8. The van der Waals surface area contributed by atoms with Crippen molar-refractivity contribution in [1.29, 1.82) is 0 Å². The van der Waals surface area contributed by atoms with Crippen molar-refractivity contribution in [3.63, 3.8) is 0 Å². The lowest BCUT2D eigenvalue weighted by Gasteiger charge is -2.53. The molecule has 0 N–H and O–H groups in total. The summed E-state index contributed by atoms with van der Waals surface area (Å²) < 4.78 is 0. The molecule has 0 heterocycles. The quantitative estimate of drug-likeness (QED) is 0.699. The first-order valence-corrected chi connectivity index (χ1v) is 8.45. The van der Waals surface area contributed by atoms with Gasteiger partial charge in [0.1, 0.15) is 12.1 Å². The van der Waals surface area contributed by atoms with E-state index >= 15 is 0 Å². The molecule has 0 aromatic rings. The van der Waals surface area contributed by atoms with Crippen LogP contribution in [0.5, 0.6) is 0 Å². The predicted molar refractivity (Wildman–Crippen MR) is 82.0 cm³/mol. The molecule has 0 bridgehead atoms. The molecule has 4 rings (SSSR count). The first-order chi connectivity index (χ1) is 10.5. The molecule has 0 unspecified atom stereocenters. The van der Waals surface area contributed by atoms with Crippen molar-refractivity contribution in [2.75, 3.05) is 0 Å². The van der Waals surface area contributed by atoms with Gasteiger partial charge >= 0.3 is 0 Å². The van der Waals surface area contributed by atoms with Crippen LogP contribution in [0.4, 0.5) is 0 Å². The van der Waals surface area contributed by atoms with Crippen LogP contribution >= 0.6 is 0 Å². The van der Waals surface area contributed by atoms with E-state index in [0.29, 0.717) is 12.2 Å². The number of rotatable bonds is 1. The summed E-state index contributed by atoms with van der Waals surface area (Å²) in [6.07, 6.45) is 11.6. The molecule has 3 nitrogen and oxygen atoms in total. The van der Waals surface area contributed by atoms with Gasteiger partial charge in [-0.1, -0.05) is 19.1 Å². The standard InChI is InChI=1S/C19H22O3/c1-18-9-7-14-17(13(18)5-6-16(18)22)15(21)10-12-4-2-3-8-19(12,14)11-20/h2,4,10-11,13-14,17H,3,5-9H2,1H3/t13-,14-,17-,18-,19+/m0/s1. The number of hydrogen-bond acceptors (Lipinski definition) is 3. The third kappa shape index (κ3) is 1.55. The summed E-state index contributed by atoms with van der Waals surface area (Å²) in [5.74, 6) is 0.556. The van der Waals surface area contributed by atoms with Gasteiger partial charge in [-0.25, -0.2) is 0 Å². The van der Waals surface area contributed by atoms with Crippen molar-refractivity contribution in [2.24, 2.45) is 28.6 Å². The normalized spacial score (nSPS) is 46.6. The first kappa shape index (κ1) is 14.1. The predicted octanol–water partition coefficient (Wildman–Crippen LogP) is 3.04. The van der Waals surface area contributed by atoms with Crippen LogP contribution in [-0.4, -0.2) is 17.9 Å². The van der Waals surface area contributed by atoms with E-state index in [1.807, 2.05) is 13.0 Å². The maximum Gasteiger partial charge on any atom is 0.159 e. The lowest BCUT2D eigenvalue weighted by Crippen LogP contribution is -2.53. The molecule has 3 heteroatoms. The number of aldehydes is 1. The third-order valence-electron chi connectivity index (χ3n) is 7.04. The van der Waals surface area contributed by atoms with Gasteiger partial charge in [0.05, 0.1) is 5.41 Å². The summed E-state index contributed by atoms with van der Waals surface area (Å²) in [5, 5.41) is 0. The van der Waals surface area contributed by atoms with Crippen molar-refractivity contribution >= 4 is 17.9 Å². The van der Waals surface area contributed by atoms with Crippen LogP contribution < -0.4 is 0 Å². The van der Waals surface area contributed by atoms with Crippen LogP contribution in [0, 0.1) is 28.6 Å². The second-order valence-corrected chi connectivity index (χ2v) is 7.76. The SMILES string of the molecule is C[C@]12CC[C@H]3[C@@H](C(=O)C=C4C=CCC[C@@]43C=O)[C@@H]1CCC2=O. The Bertz CT molecular complexity index is 629. The minimum atomic E-state index is -0.486. The van der Waals surface area contributed by atoms with Crippen molar-refractivity contribution < 1.29 is 14.4 Å². The third-order valence-corrected chi connectivity index (χ3v) is 7.04. The maximum atomic E-state index is 12.8. The summed E-state index contributed by atoms with van der Waals surface area (Å²) >= 11 is 0. The van der Waals surface area contributed by atoms with Crippen LogP contribution in [0.15, 0.2) is 23.8 Å². The highest BCUT2D eigenvalue weighted by Gasteiger charge is 2.61. The van der Waals surface area contributed by atoms with Crippen LogP contribution in [0.3, 0.4) is 0 Å². The van der Waals surface area contributed by atoms with E-state index in [0.717, 1.165) is 44.0 Å². The van der Waals surface area contributed by atoms with Gasteiger partial charge in [-0.3, -0.25) is 9.59 Å². The topological polar surface area (TPSA) is 51.2 Å². The fourth-order valence-corrected chi connectivity index (χ4v) is 5.77. The summed E-state index contributed by atoms with van der Waals surface area (Å²) in [6, 6.07) is 0. The van der Waals surface area contributed by atoms with Crippen LogP contribution in [-0.2, 0) is 14.4 Å². The highest BCUT2D eigenvalue weighted by molar-refractivity contribution is 5.98. The molecule has 5 atom stereocenters. The highest BCUT2D eigenvalue weighted by atomic mass is 16.1. The Morgan fingerprint density at radius 3 is 2.77 bits per heavy atom. The highest BCUT2D eigenvalue weighted by Crippen LogP contribution is 2.62. The Hall–Kier alpha value is -1.51. The summed E-state index contributed by atoms with van der Waals surface area (Å²) in [4.78, 5) is 37.2. The zero-order valence-corrected chi connectivity index (χ0v) is 13.0. The molecule has 0 aliphatic heterocycles. The molecular formula is C19H22O3. The first-order valence-electron chi connectivity index (χ1n) is 8.45. The molecule has 0 spiro atoms. The molecule has 0 radical (unpaired) electrons. The van der Waals surface area contributed by atoms with Crippen molar-refractivity contribution in [3.8, 4) is 0 Å². The molecule has 116 valence electrons. The van der Waals surface area contributed by atoms with Gasteiger partial charge in [0, 0.05) is 17.8 Å². The molecule has 4 aliphatic rings. The Balaban J connectivity index is 1.84. The molecule has 4 aliphatic carbocycles. The van der Waals surface area contributed by atoms with E-state index in [1.54, 1.807) is 6.08 Å². The summed E-state index contributed by atoms with van der Waals surface area (Å²) in [7, 11) is 0. The number of Topliss-reactive ketones (excluding diaryl/α,β-unsaturated/α-hetero) is 1. The number of hydrogen-bond donors (Lipinski definition) is 0. The van der Waals surface area contributed by atoms with E-state index in [4.69, 9.17) is 0 Å². The van der Waals surface area contributed by atoms with Gasteiger partial charge in [0.15, 0.2) is 5.78 Å². The Morgan fingerprint density at radius 1 is 1.18 bits per heavy atom. The molecule has 0 aromatic heterocycles. The molecule has 0 saturated heterocycles. The molecule has 0 aromatic carbocycles. The fraction of sp³-hybridized carbons (Fsp3) is 0.632. The van der Waals surface area contributed by atoms with Crippen LogP contribution in [0.2, 0.25) is 0 Å². The lowest BCUT2D eigenvalue weighted by molar-refractivity contribution is -0.141. The Kier molecular flexibility index (Phi) is 2.88. The number of carbonyl (C=O) groups excluding carboxylic acids is 3. The molecule has 22 heavy (non-hydrogen) atoms. The number of carbonyl (C=O) groups is 3. The number of ketones is 2. The van der Waals surface area contributed by atoms with E-state index in [-0.39, 0.29) is 29.0 Å². The minimum Gasteiger partial charge on any atom is -0.302 e. The smallest absolute Gasteiger partial charge is 0.159 e. The molecule has 0 amide bonds. The summed E-state index contributed by atoms with van der Waals surface area (Å²) in [5.41, 5.74) is 0.0877. The van der Waals surface area contributed by atoms with Crippen LogP contribution in [0.1, 0.15) is 45.4 Å². The molecular weight excluding hydrogens is 276 g/mol. The fourth-order valence-electron chi connectivity index (χ4n) is 5.77. The van der Waals surface area contributed by atoms with E-state index < -0.39 is 5.41 Å². The minimum absolute atomic E-state index is 0.0893. The van der Waals surface area contributed by atoms with Gasteiger partial charge in [0.2, 0.25) is 0 Å². The lowest BCUT2D eigenvalue weighted by atomic mass is 9.48. The van der Waals surface area contributed by atoms with Gasteiger partial charge in [0.25, 0.3) is 0 Å². The summed E-state index contributed by atoms with van der Waals surface area (Å²) in [6.45, 7) is 2.05. The van der Waals surface area contributed by atoms with E-state index in [2.05, 4.69) is 6.08 Å². The van der Waals surface area contributed by atoms with Gasteiger partial charge in [-0.05, 0) is 55.6 Å².